The maximum Gasteiger partial charge on any atom is 0.347 e. The Morgan fingerprint density at radius 1 is 0.609 bits per heavy atom. The summed E-state index contributed by atoms with van der Waals surface area (Å²) in [5.41, 5.74) is 2.67. The number of carbonyl (C=O) groups is 5. The lowest BCUT2D eigenvalue weighted by molar-refractivity contribution is -0.153. The van der Waals surface area contributed by atoms with Crippen LogP contribution in [0, 0.1) is 12.8 Å². The standard InChI is InChI=1S/C54H75Cl2N5O8/c1-6-8-10-12-14-16-18-20-22-24-32-67-52(64)39(4)35-41-27-29-43(55)45(36-41)57-50(62)49(61-48-31-26-38(3)34-47(48)59-60-61)51(63)58-46-37-42(28-30-44(46)56)54(66)69-40(5)53(65)68-33-25-23-21-19-17-15-13-11-9-7-2/h26-31,34,36-37,39-40,49H,6-25,32-33,35H2,1-5H3,(H,57,62)(H,58,63). The average Bonchev–Trinajstić information content (AvgIpc) is 3.73. The maximum absolute atomic E-state index is 14.3. The smallest absolute Gasteiger partial charge is 0.347 e. The lowest BCUT2D eigenvalue weighted by atomic mass is 10.0. The van der Waals surface area contributed by atoms with Gasteiger partial charge in [0.15, 0.2) is 6.10 Å². The number of unbranched alkanes of at least 4 members (excludes halogenated alkanes) is 18. The number of hydrogen-bond acceptors (Lipinski definition) is 10. The first-order valence-corrected chi connectivity index (χ1v) is 26.1. The molecule has 1 aromatic heterocycles. The summed E-state index contributed by atoms with van der Waals surface area (Å²) in [7, 11) is 0. The normalized spacial score (nSPS) is 12.6. The van der Waals surface area contributed by atoms with E-state index in [1.165, 1.54) is 113 Å². The minimum Gasteiger partial charge on any atom is -0.465 e. The number of esters is 3. The molecule has 0 fully saturated rings. The van der Waals surface area contributed by atoms with Gasteiger partial charge >= 0.3 is 17.9 Å². The number of nitrogens with zero attached hydrogens (tertiary/aromatic N) is 3. The van der Waals surface area contributed by atoms with Gasteiger partial charge in [0.2, 0.25) is 6.04 Å². The van der Waals surface area contributed by atoms with Crippen LogP contribution < -0.4 is 10.6 Å². The van der Waals surface area contributed by atoms with Crippen LogP contribution in [0.4, 0.5) is 11.4 Å². The Bertz CT molecular complexity index is 2250. The van der Waals surface area contributed by atoms with Gasteiger partial charge in [-0.05, 0) is 86.7 Å². The molecule has 2 N–H and O–H groups in total. The summed E-state index contributed by atoms with van der Waals surface area (Å²) in [6, 6.07) is 12.8. The van der Waals surface area contributed by atoms with Crippen LogP contribution in [0.1, 0.15) is 184 Å². The van der Waals surface area contributed by atoms with Crippen molar-refractivity contribution in [2.24, 2.45) is 5.92 Å². The van der Waals surface area contributed by atoms with Gasteiger partial charge in [0.25, 0.3) is 11.8 Å². The van der Waals surface area contributed by atoms with Crippen molar-refractivity contribution < 1.29 is 38.2 Å². The van der Waals surface area contributed by atoms with Gasteiger partial charge in [-0.1, -0.05) is 177 Å². The first-order chi connectivity index (χ1) is 33.3. The molecule has 15 heteroatoms. The molecule has 0 saturated heterocycles. The molecule has 0 aliphatic rings. The number of ether oxygens (including phenoxy) is 3. The Morgan fingerprint density at radius 3 is 1.65 bits per heavy atom. The van der Waals surface area contributed by atoms with Crippen molar-refractivity contribution in [2.75, 3.05) is 23.8 Å². The molecule has 2 amide bonds. The van der Waals surface area contributed by atoms with Crippen molar-refractivity contribution in [1.29, 1.82) is 0 Å². The summed E-state index contributed by atoms with van der Waals surface area (Å²) in [5, 5.41) is 14.2. The molecular formula is C54H75Cl2N5O8. The van der Waals surface area contributed by atoms with E-state index in [0.717, 1.165) is 50.5 Å². The van der Waals surface area contributed by atoms with Crippen LogP contribution in [0.2, 0.25) is 10.0 Å². The number of nitrogens with one attached hydrogen (secondary N) is 2. The molecule has 378 valence electrons. The number of amides is 2. The third kappa shape index (κ3) is 19.7. The molecule has 0 bridgehead atoms. The van der Waals surface area contributed by atoms with Crippen LogP contribution in [0.15, 0.2) is 54.6 Å². The number of aromatic nitrogens is 3. The second-order valence-corrected chi connectivity index (χ2v) is 19.1. The molecule has 0 aliphatic heterocycles. The van der Waals surface area contributed by atoms with Crippen molar-refractivity contribution in [3.05, 3.63) is 81.3 Å². The summed E-state index contributed by atoms with van der Waals surface area (Å²) < 4.78 is 17.6. The number of carbonyl (C=O) groups excluding carboxylic acids is 5. The fourth-order valence-corrected chi connectivity index (χ4v) is 8.36. The zero-order chi connectivity index (χ0) is 50.0. The number of aryl methyl sites for hydroxylation is 1. The van der Waals surface area contributed by atoms with E-state index in [1.807, 2.05) is 6.92 Å². The molecule has 0 aliphatic carbocycles. The third-order valence-corrected chi connectivity index (χ3v) is 12.8. The van der Waals surface area contributed by atoms with Gasteiger partial charge in [0.05, 0.1) is 51.6 Å². The van der Waals surface area contributed by atoms with Gasteiger partial charge < -0.3 is 24.8 Å². The second kappa shape index (κ2) is 31.3. The lowest BCUT2D eigenvalue weighted by Crippen LogP contribution is -2.37. The highest BCUT2D eigenvalue weighted by atomic mass is 35.5. The molecule has 0 saturated carbocycles. The molecule has 4 aromatic rings. The van der Waals surface area contributed by atoms with Crippen molar-refractivity contribution in [1.82, 2.24) is 15.0 Å². The number of hydrogen-bond donors (Lipinski definition) is 2. The van der Waals surface area contributed by atoms with Gasteiger partial charge in [-0.15, -0.1) is 5.10 Å². The molecule has 1 heterocycles. The van der Waals surface area contributed by atoms with Crippen LogP contribution in [0.5, 0.6) is 0 Å². The van der Waals surface area contributed by atoms with Crippen LogP contribution in [0.3, 0.4) is 0 Å². The van der Waals surface area contributed by atoms with Gasteiger partial charge in [-0.25, -0.2) is 14.3 Å². The highest BCUT2D eigenvalue weighted by Gasteiger charge is 2.33. The van der Waals surface area contributed by atoms with Gasteiger partial charge in [0.1, 0.15) is 5.52 Å². The highest BCUT2D eigenvalue weighted by molar-refractivity contribution is 6.35. The van der Waals surface area contributed by atoms with E-state index in [-0.39, 0.29) is 39.6 Å². The fraction of sp³-hybridized carbons (Fsp3) is 0.574. The number of halogens is 2. The summed E-state index contributed by atoms with van der Waals surface area (Å²) in [6.07, 6.45) is 22.5. The average molecular weight is 993 g/mol. The Kier molecular flexibility index (Phi) is 25.6. The zero-order valence-electron chi connectivity index (χ0n) is 41.6. The lowest BCUT2D eigenvalue weighted by Gasteiger charge is -2.19. The largest absolute Gasteiger partial charge is 0.465 e. The molecular weight excluding hydrogens is 918 g/mol. The molecule has 3 unspecified atom stereocenters. The minimum absolute atomic E-state index is 0.000518. The highest BCUT2D eigenvalue weighted by Crippen LogP contribution is 2.29. The minimum atomic E-state index is -1.66. The Labute approximate surface area is 419 Å². The van der Waals surface area contributed by atoms with E-state index in [2.05, 4.69) is 34.8 Å². The Balaban J connectivity index is 1.36. The van der Waals surface area contributed by atoms with Crippen molar-refractivity contribution in [3.63, 3.8) is 0 Å². The van der Waals surface area contributed by atoms with Crippen LogP contribution in [-0.4, -0.2) is 64.0 Å². The van der Waals surface area contributed by atoms with Gasteiger partial charge in [-0.3, -0.25) is 14.4 Å². The molecule has 3 aromatic carbocycles. The van der Waals surface area contributed by atoms with Crippen molar-refractivity contribution in [3.8, 4) is 0 Å². The molecule has 4 rings (SSSR count). The van der Waals surface area contributed by atoms with E-state index in [1.54, 1.807) is 43.3 Å². The van der Waals surface area contributed by atoms with Crippen molar-refractivity contribution >= 4 is 75.3 Å². The van der Waals surface area contributed by atoms with Gasteiger partial charge in [0, 0.05) is 0 Å². The monoisotopic (exact) mass is 991 g/mol. The summed E-state index contributed by atoms with van der Waals surface area (Å²) in [4.78, 5) is 67.5. The summed E-state index contributed by atoms with van der Waals surface area (Å²) in [6.45, 7) is 10.1. The third-order valence-electron chi connectivity index (χ3n) is 12.2. The van der Waals surface area contributed by atoms with Crippen molar-refractivity contribution in [2.45, 2.75) is 182 Å². The maximum atomic E-state index is 14.3. The van der Waals surface area contributed by atoms with Crippen LogP contribution in [0.25, 0.3) is 11.0 Å². The Hall–Kier alpha value is -5.01. The van der Waals surface area contributed by atoms with Crippen LogP contribution >= 0.6 is 23.2 Å². The second-order valence-electron chi connectivity index (χ2n) is 18.3. The van der Waals surface area contributed by atoms with E-state index >= 15 is 0 Å². The zero-order valence-corrected chi connectivity index (χ0v) is 43.1. The molecule has 0 spiro atoms. The molecule has 13 nitrogen and oxygen atoms in total. The Morgan fingerprint density at radius 2 is 1.10 bits per heavy atom. The van der Waals surface area contributed by atoms with E-state index in [4.69, 9.17) is 37.4 Å². The number of anilines is 2. The van der Waals surface area contributed by atoms with E-state index in [0.29, 0.717) is 29.6 Å². The van der Waals surface area contributed by atoms with Gasteiger partial charge in [-0.2, -0.15) is 0 Å². The fourth-order valence-electron chi connectivity index (χ4n) is 8.03. The molecule has 3 atom stereocenters. The number of benzene rings is 3. The molecule has 69 heavy (non-hydrogen) atoms. The predicted molar refractivity (Wildman–Crippen MR) is 275 cm³/mol. The van der Waals surface area contributed by atoms with E-state index < -0.39 is 41.8 Å². The first kappa shape index (κ1) is 56.6. The SMILES string of the molecule is CCCCCCCCCCCCOC(=O)C(C)Cc1ccc(Cl)c(NC(=O)C(C(=O)Nc2cc(C(=O)OC(C)C(=O)OCCCCCCCCCCCC)ccc2Cl)n2nnc3cc(C)ccc32)c1. The topological polar surface area (TPSA) is 168 Å². The number of rotatable bonds is 33. The number of fused-ring (bicyclic) bond motifs is 1. The predicted octanol–water partition coefficient (Wildman–Crippen LogP) is 13.5. The van der Waals surface area contributed by atoms with Crippen LogP contribution in [-0.2, 0) is 39.8 Å². The van der Waals surface area contributed by atoms with E-state index in [9.17, 15) is 24.0 Å². The first-order valence-electron chi connectivity index (χ1n) is 25.4. The summed E-state index contributed by atoms with van der Waals surface area (Å²) >= 11 is 13.1. The summed E-state index contributed by atoms with van der Waals surface area (Å²) in [5.74, 6) is -3.94. The molecule has 0 radical (unpaired) electrons. The quantitative estimate of drug-likeness (QED) is 0.0203.